The van der Waals surface area contributed by atoms with Crippen LogP contribution in [0, 0.1) is 6.92 Å². The number of hydrogen-bond acceptors (Lipinski definition) is 6. The van der Waals surface area contributed by atoms with Crippen LogP contribution >= 0.6 is 22.7 Å². The van der Waals surface area contributed by atoms with Crippen molar-refractivity contribution in [3.8, 4) is 9.88 Å². The minimum Gasteiger partial charge on any atom is -0.347 e. The summed E-state index contributed by atoms with van der Waals surface area (Å²) in [6.07, 6.45) is 0.733. The molecule has 0 radical (unpaired) electrons. The van der Waals surface area contributed by atoms with Crippen LogP contribution in [0.4, 0.5) is 5.69 Å². The smallest absolute Gasteiger partial charge is 0.347 e. The summed E-state index contributed by atoms with van der Waals surface area (Å²) < 4.78 is 33.0. The number of amides is 1. The van der Waals surface area contributed by atoms with Crippen LogP contribution in [-0.2, 0) is 27.9 Å². The molecule has 10 heteroatoms. The molecule has 176 valence electrons. The van der Waals surface area contributed by atoms with Crippen molar-refractivity contribution in [1.29, 1.82) is 0 Å². The topological polar surface area (TPSA) is 108 Å². The quantitative estimate of drug-likeness (QED) is 0.272. The first kappa shape index (κ1) is 24.1. The molecule has 0 aliphatic carbocycles. The van der Waals surface area contributed by atoms with Gasteiger partial charge in [0.25, 0.3) is 0 Å². The van der Waals surface area contributed by atoms with Crippen molar-refractivity contribution < 1.29 is 17.8 Å². The van der Waals surface area contributed by atoms with Gasteiger partial charge in [0.1, 0.15) is 5.01 Å². The average Bonchev–Trinajstić information content (AvgIpc) is 3.46. The number of nitrogens with zero attached hydrogens (tertiary/aromatic N) is 1. The normalized spacial score (nSPS) is 12.3. The Balaban J connectivity index is 1.54. The predicted octanol–water partition coefficient (Wildman–Crippen LogP) is 5.04. The number of aryl methyl sites for hydroxylation is 1. The molecule has 0 aliphatic rings. The van der Waals surface area contributed by atoms with Crippen LogP contribution < -0.4 is 10.0 Å². The van der Waals surface area contributed by atoms with E-state index < -0.39 is 10.3 Å². The fourth-order valence-corrected chi connectivity index (χ4v) is 5.66. The summed E-state index contributed by atoms with van der Waals surface area (Å²) in [6.45, 7) is 1.99. The largest absolute Gasteiger partial charge is 0.357 e. The van der Waals surface area contributed by atoms with E-state index in [-0.39, 0.29) is 24.1 Å². The highest BCUT2D eigenvalue weighted by atomic mass is 32.2. The monoisotopic (exact) mass is 513 g/mol. The van der Waals surface area contributed by atoms with Crippen molar-refractivity contribution in [2.45, 2.75) is 25.8 Å². The molecule has 0 saturated carbocycles. The maximum atomic E-state index is 12.9. The molecule has 1 amide bonds. The highest BCUT2D eigenvalue weighted by molar-refractivity contribution is 7.87. The molecule has 4 rings (SSSR count). The first-order valence-corrected chi connectivity index (χ1v) is 13.6. The molecule has 0 bridgehead atoms. The number of anilines is 1. The van der Waals surface area contributed by atoms with Crippen molar-refractivity contribution in [1.82, 2.24) is 10.3 Å². The summed E-state index contributed by atoms with van der Waals surface area (Å²) >= 11 is 3.14. The van der Waals surface area contributed by atoms with Gasteiger partial charge < -0.3 is 5.32 Å². The van der Waals surface area contributed by atoms with E-state index in [0.29, 0.717) is 6.42 Å². The van der Waals surface area contributed by atoms with E-state index in [1.807, 2.05) is 58.8 Å². The Morgan fingerprint density at radius 1 is 1.06 bits per heavy atom. The SMILES string of the molecule is Cc1cccc(CC(=O)N[C@@H](Cc2ccc(NS(=O)(=O)O)cc2)c2csc(-c3cccs3)n2)c1. The van der Waals surface area contributed by atoms with Gasteiger partial charge in [0.15, 0.2) is 0 Å². The maximum Gasteiger partial charge on any atom is 0.357 e. The van der Waals surface area contributed by atoms with Crippen molar-refractivity contribution in [3.05, 3.63) is 93.8 Å². The summed E-state index contributed by atoms with van der Waals surface area (Å²) in [6, 6.07) is 18.1. The number of rotatable bonds is 9. The van der Waals surface area contributed by atoms with Gasteiger partial charge in [0, 0.05) is 5.38 Å². The minimum absolute atomic E-state index is 0.106. The lowest BCUT2D eigenvalue weighted by molar-refractivity contribution is -0.121. The molecule has 2 aromatic heterocycles. The summed E-state index contributed by atoms with van der Waals surface area (Å²) in [5, 5.41) is 7.98. The molecular formula is C24H23N3O4S3. The fourth-order valence-electron chi connectivity index (χ4n) is 3.54. The molecule has 4 aromatic rings. The van der Waals surface area contributed by atoms with Crippen LogP contribution in [0.15, 0.2) is 71.4 Å². The van der Waals surface area contributed by atoms with Crippen LogP contribution in [0.2, 0.25) is 0 Å². The van der Waals surface area contributed by atoms with Crippen molar-refractivity contribution >= 4 is 44.6 Å². The Morgan fingerprint density at radius 3 is 2.53 bits per heavy atom. The van der Waals surface area contributed by atoms with Crippen LogP contribution in [0.5, 0.6) is 0 Å². The molecule has 2 aromatic carbocycles. The average molecular weight is 514 g/mol. The Morgan fingerprint density at radius 2 is 1.85 bits per heavy atom. The minimum atomic E-state index is -4.34. The molecule has 0 aliphatic heterocycles. The van der Waals surface area contributed by atoms with Gasteiger partial charge in [-0.15, -0.1) is 22.7 Å². The molecule has 0 fully saturated rings. The van der Waals surface area contributed by atoms with E-state index in [1.165, 1.54) is 11.3 Å². The molecular weight excluding hydrogens is 490 g/mol. The Hall–Kier alpha value is -3.05. The number of carbonyl (C=O) groups excluding carboxylic acids is 1. The number of benzene rings is 2. The van der Waals surface area contributed by atoms with Crippen LogP contribution in [0.25, 0.3) is 9.88 Å². The van der Waals surface area contributed by atoms with Gasteiger partial charge in [-0.25, -0.2) is 4.98 Å². The lowest BCUT2D eigenvalue weighted by atomic mass is 10.0. The van der Waals surface area contributed by atoms with E-state index in [2.05, 4.69) is 5.32 Å². The van der Waals surface area contributed by atoms with Gasteiger partial charge in [-0.1, -0.05) is 48.0 Å². The second-order valence-corrected chi connectivity index (χ2v) is 10.8. The first-order valence-electron chi connectivity index (χ1n) is 10.4. The van der Waals surface area contributed by atoms with E-state index in [1.54, 1.807) is 35.6 Å². The number of carbonyl (C=O) groups is 1. The molecule has 0 saturated heterocycles. The number of hydrogen-bond donors (Lipinski definition) is 3. The molecule has 0 spiro atoms. The van der Waals surface area contributed by atoms with Crippen molar-refractivity contribution in [3.63, 3.8) is 0 Å². The fraction of sp³-hybridized carbons (Fsp3) is 0.167. The van der Waals surface area contributed by atoms with Crippen LogP contribution in [0.3, 0.4) is 0 Å². The molecule has 0 unspecified atom stereocenters. The van der Waals surface area contributed by atoms with Crippen LogP contribution in [-0.4, -0.2) is 23.9 Å². The summed E-state index contributed by atoms with van der Waals surface area (Å²) in [4.78, 5) is 18.8. The second kappa shape index (κ2) is 10.5. The molecule has 7 nitrogen and oxygen atoms in total. The maximum absolute atomic E-state index is 12.9. The molecule has 1 atom stereocenters. The summed E-state index contributed by atoms with van der Waals surface area (Å²) in [5.41, 5.74) is 3.94. The highest BCUT2D eigenvalue weighted by Gasteiger charge is 2.20. The van der Waals surface area contributed by atoms with Gasteiger partial charge in [-0.05, 0) is 48.1 Å². The van der Waals surface area contributed by atoms with Gasteiger partial charge in [-0.2, -0.15) is 8.42 Å². The number of thiazole rings is 1. The van der Waals surface area contributed by atoms with Gasteiger partial charge in [-0.3, -0.25) is 14.1 Å². The summed E-state index contributed by atoms with van der Waals surface area (Å²) in [7, 11) is -4.34. The zero-order chi connectivity index (χ0) is 24.1. The van der Waals surface area contributed by atoms with E-state index in [4.69, 9.17) is 9.54 Å². The van der Waals surface area contributed by atoms with Crippen molar-refractivity contribution in [2.24, 2.45) is 0 Å². The Labute approximate surface area is 206 Å². The molecule has 2 heterocycles. The second-order valence-electron chi connectivity index (χ2n) is 7.82. The summed E-state index contributed by atoms with van der Waals surface area (Å²) in [5.74, 6) is -0.106. The third-order valence-electron chi connectivity index (χ3n) is 5.03. The van der Waals surface area contributed by atoms with Gasteiger partial charge in [0.2, 0.25) is 5.91 Å². The van der Waals surface area contributed by atoms with E-state index >= 15 is 0 Å². The predicted molar refractivity (Wildman–Crippen MR) is 137 cm³/mol. The lowest BCUT2D eigenvalue weighted by Crippen LogP contribution is -2.31. The van der Waals surface area contributed by atoms with Crippen LogP contribution in [0.1, 0.15) is 28.4 Å². The van der Waals surface area contributed by atoms with E-state index in [0.717, 1.165) is 32.3 Å². The number of aromatic nitrogens is 1. The highest BCUT2D eigenvalue weighted by Crippen LogP contribution is 2.31. The third-order valence-corrected chi connectivity index (χ3v) is 7.43. The zero-order valence-corrected chi connectivity index (χ0v) is 20.7. The molecule has 3 N–H and O–H groups in total. The standard InChI is InChI=1S/C24H23N3O4S3/c1-16-4-2-5-18(12-16)14-23(28)25-20(21-15-33-24(26-21)22-6-3-11-32-22)13-17-7-9-19(10-8-17)27-34(29,30)31/h2-12,15,20,27H,13-14H2,1H3,(H,25,28)(H,29,30,31)/t20-/m0/s1. The third kappa shape index (κ3) is 6.73. The van der Waals surface area contributed by atoms with Gasteiger partial charge in [0.05, 0.1) is 28.7 Å². The Kier molecular flexibility index (Phi) is 7.42. The van der Waals surface area contributed by atoms with Gasteiger partial charge >= 0.3 is 10.3 Å². The zero-order valence-electron chi connectivity index (χ0n) is 18.3. The first-order chi connectivity index (χ1) is 16.2. The number of nitrogens with one attached hydrogen (secondary N) is 2. The van der Waals surface area contributed by atoms with Crippen molar-refractivity contribution in [2.75, 3.05) is 4.72 Å². The number of thiophene rings is 1. The van der Waals surface area contributed by atoms with E-state index in [9.17, 15) is 13.2 Å². The Bertz CT molecular complexity index is 1360. The molecule has 34 heavy (non-hydrogen) atoms. The lowest BCUT2D eigenvalue weighted by Gasteiger charge is -2.18.